The fourth-order valence-corrected chi connectivity index (χ4v) is 1.86. The highest BCUT2D eigenvalue weighted by Gasteiger charge is 2.19. The molecule has 108 valence electrons. The number of aliphatic carboxylic acids is 1. The largest absolute Gasteiger partial charge is 0.480 e. The molecule has 20 heavy (non-hydrogen) atoms. The Morgan fingerprint density at radius 1 is 1.40 bits per heavy atom. The molecule has 4 N–H and O–H groups in total. The fraction of sp³-hybridized carbons (Fsp3) is 0.333. The van der Waals surface area contributed by atoms with Crippen LogP contribution in [-0.2, 0) is 9.59 Å². The molecule has 0 heterocycles. The van der Waals surface area contributed by atoms with Gasteiger partial charge in [-0.15, -0.1) is 6.58 Å². The lowest BCUT2D eigenvalue weighted by atomic mass is 9.97. The van der Waals surface area contributed by atoms with Crippen LogP contribution in [0.5, 0.6) is 0 Å². The maximum atomic E-state index is 11.8. The van der Waals surface area contributed by atoms with E-state index in [0.29, 0.717) is 5.69 Å². The Kier molecular flexibility index (Phi) is 5.77. The van der Waals surface area contributed by atoms with Crippen LogP contribution in [0.1, 0.15) is 31.2 Å². The molecule has 0 saturated heterocycles. The fourth-order valence-electron chi connectivity index (χ4n) is 1.86. The van der Waals surface area contributed by atoms with E-state index in [-0.39, 0.29) is 24.7 Å². The normalized spacial score (nSPS) is 13.2. The number of carbonyl (C=O) groups excluding carboxylic acids is 1. The number of hydrogen-bond acceptors (Lipinski definition) is 3. The lowest BCUT2D eigenvalue weighted by molar-refractivity contribution is -0.141. The van der Waals surface area contributed by atoms with Crippen LogP contribution in [0.3, 0.4) is 0 Å². The lowest BCUT2D eigenvalue weighted by Crippen LogP contribution is -2.40. The van der Waals surface area contributed by atoms with Gasteiger partial charge in [-0.2, -0.15) is 0 Å². The van der Waals surface area contributed by atoms with Crippen molar-refractivity contribution in [3.05, 3.63) is 42.5 Å². The lowest BCUT2D eigenvalue weighted by Gasteiger charge is -2.16. The van der Waals surface area contributed by atoms with Crippen molar-refractivity contribution < 1.29 is 14.7 Å². The van der Waals surface area contributed by atoms with Crippen LogP contribution in [-0.4, -0.2) is 23.0 Å². The number of amides is 1. The Hall–Kier alpha value is -2.30. The van der Waals surface area contributed by atoms with Crippen molar-refractivity contribution in [1.29, 1.82) is 0 Å². The van der Waals surface area contributed by atoms with Crippen LogP contribution < -0.4 is 11.1 Å². The van der Waals surface area contributed by atoms with Crippen LogP contribution in [0.15, 0.2) is 36.9 Å². The monoisotopic (exact) mass is 276 g/mol. The first-order valence-corrected chi connectivity index (χ1v) is 6.42. The second kappa shape index (κ2) is 7.33. The zero-order chi connectivity index (χ0) is 15.1. The summed E-state index contributed by atoms with van der Waals surface area (Å²) in [6, 6.07) is 6.37. The van der Waals surface area contributed by atoms with Crippen molar-refractivity contribution in [2.75, 3.05) is 5.73 Å². The summed E-state index contributed by atoms with van der Waals surface area (Å²) in [6.45, 7) is 5.39. The predicted molar refractivity (Wildman–Crippen MR) is 78.3 cm³/mol. The van der Waals surface area contributed by atoms with Crippen LogP contribution in [0.4, 0.5) is 5.69 Å². The molecule has 0 radical (unpaired) electrons. The average molecular weight is 276 g/mol. The van der Waals surface area contributed by atoms with E-state index in [2.05, 4.69) is 11.9 Å². The molecular formula is C15H20N2O3. The van der Waals surface area contributed by atoms with Crippen molar-refractivity contribution in [2.24, 2.45) is 0 Å². The molecule has 0 aromatic heterocycles. The highest BCUT2D eigenvalue weighted by atomic mass is 16.4. The Bertz CT molecular complexity index is 482. The van der Waals surface area contributed by atoms with E-state index in [4.69, 9.17) is 10.8 Å². The van der Waals surface area contributed by atoms with Crippen molar-refractivity contribution in [3.8, 4) is 0 Å². The number of nitrogens with two attached hydrogens (primary N) is 1. The van der Waals surface area contributed by atoms with E-state index < -0.39 is 12.0 Å². The zero-order valence-electron chi connectivity index (χ0n) is 11.5. The quantitative estimate of drug-likeness (QED) is 0.524. The second-order valence-electron chi connectivity index (χ2n) is 4.75. The number of nitrogens with one attached hydrogen (secondary N) is 1. The SMILES string of the molecule is C=CCC(NC(=O)CC(C)c1ccc(N)cc1)C(=O)O. The number of nitrogen functional groups attached to an aromatic ring is 1. The number of carboxylic acids is 1. The maximum Gasteiger partial charge on any atom is 0.326 e. The van der Waals surface area contributed by atoms with Gasteiger partial charge < -0.3 is 16.2 Å². The third-order valence-electron chi connectivity index (χ3n) is 3.03. The molecule has 1 amide bonds. The van der Waals surface area contributed by atoms with E-state index in [9.17, 15) is 9.59 Å². The van der Waals surface area contributed by atoms with Gasteiger partial charge in [-0.3, -0.25) is 4.79 Å². The Balaban J connectivity index is 2.58. The van der Waals surface area contributed by atoms with Gasteiger partial charge >= 0.3 is 5.97 Å². The molecule has 1 rings (SSSR count). The second-order valence-corrected chi connectivity index (χ2v) is 4.75. The molecule has 2 atom stereocenters. The van der Waals surface area contributed by atoms with Gasteiger partial charge in [0.15, 0.2) is 0 Å². The van der Waals surface area contributed by atoms with Gasteiger partial charge in [0.05, 0.1) is 0 Å². The highest BCUT2D eigenvalue weighted by Crippen LogP contribution is 2.20. The molecule has 0 aliphatic carbocycles. The minimum atomic E-state index is -1.06. The summed E-state index contributed by atoms with van der Waals surface area (Å²) in [6.07, 6.45) is 1.91. The Morgan fingerprint density at radius 2 is 2.00 bits per heavy atom. The Morgan fingerprint density at radius 3 is 2.50 bits per heavy atom. The van der Waals surface area contributed by atoms with Gasteiger partial charge in [0, 0.05) is 12.1 Å². The summed E-state index contributed by atoms with van der Waals surface area (Å²) in [4.78, 5) is 22.8. The van der Waals surface area contributed by atoms with Crippen LogP contribution in [0.25, 0.3) is 0 Å². The highest BCUT2D eigenvalue weighted by molar-refractivity contribution is 5.84. The number of benzene rings is 1. The van der Waals surface area contributed by atoms with Crippen molar-refractivity contribution in [3.63, 3.8) is 0 Å². The third kappa shape index (κ3) is 4.76. The number of carbonyl (C=O) groups is 2. The van der Waals surface area contributed by atoms with Gasteiger partial charge in [-0.25, -0.2) is 4.79 Å². The van der Waals surface area contributed by atoms with Gasteiger partial charge in [-0.1, -0.05) is 25.1 Å². The van der Waals surface area contributed by atoms with Gasteiger partial charge in [0.1, 0.15) is 6.04 Å². The van der Waals surface area contributed by atoms with E-state index in [1.54, 1.807) is 12.1 Å². The van der Waals surface area contributed by atoms with E-state index in [0.717, 1.165) is 5.56 Å². The van der Waals surface area contributed by atoms with Crippen molar-refractivity contribution >= 4 is 17.6 Å². The van der Waals surface area contributed by atoms with E-state index >= 15 is 0 Å². The first kappa shape index (κ1) is 15.8. The van der Waals surface area contributed by atoms with Crippen LogP contribution in [0.2, 0.25) is 0 Å². The topological polar surface area (TPSA) is 92.4 Å². The smallest absolute Gasteiger partial charge is 0.326 e. The number of hydrogen-bond donors (Lipinski definition) is 3. The predicted octanol–water partition coefficient (Wildman–Crippen LogP) is 1.91. The first-order chi connectivity index (χ1) is 9.43. The van der Waals surface area contributed by atoms with Crippen LogP contribution >= 0.6 is 0 Å². The molecule has 5 heteroatoms. The summed E-state index contributed by atoms with van der Waals surface area (Å²) in [5.41, 5.74) is 7.27. The van der Waals surface area contributed by atoms with E-state index in [1.807, 2.05) is 19.1 Å². The molecular weight excluding hydrogens is 256 g/mol. The molecule has 0 bridgehead atoms. The summed E-state index contributed by atoms with van der Waals surface area (Å²) < 4.78 is 0. The summed E-state index contributed by atoms with van der Waals surface area (Å²) in [5, 5.41) is 11.5. The van der Waals surface area contributed by atoms with Crippen molar-refractivity contribution in [2.45, 2.75) is 31.7 Å². The summed E-state index contributed by atoms with van der Waals surface area (Å²) >= 11 is 0. The third-order valence-corrected chi connectivity index (χ3v) is 3.03. The van der Waals surface area contributed by atoms with Gasteiger partial charge in [0.2, 0.25) is 5.91 Å². The number of anilines is 1. The van der Waals surface area contributed by atoms with Crippen LogP contribution in [0, 0.1) is 0 Å². The van der Waals surface area contributed by atoms with E-state index in [1.165, 1.54) is 6.08 Å². The first-order valence-electron chi connectivity index (χ1n) is 6.42. The molecule has 0 saturated carbocycles. The molecule has 1 aromatic carbocycles. The standard InChI is InChI=1S/C15H20N2O3/c1-3-4-13(15(19)20)17-14(18)9-10(2)11-5-7-12(16)8-6-11/h3,5-8,10,13H,1,4,9,16H2,2H3,(H,17,18)(H,19,20). The molecule has 0 aliphatic rings. The van der Waals surface area contributed by atoms with Gasteiger partial charge in [0.25, 0.3) is 0 Å². The number of rotatable bonds is 7. The molecule has 2 unspecified atom stereocenters. The zero-order valence-corrected chi connectivity index (χ0v) is 11.5. The minimum absolute atomic E-state index is 0.00576. The molecule has 1 aromatic rings. The van der Waals surface area contributed by atoms with Gasteiger partial charge in [-0.05, 0) is 30.0 Å². The van der Waals surface area contributed by atoms with Crippen molar-refractivity contribution in [1.82, 2.24) is 5.32 Å². The minimum Gasteiger partial charge on any atom is -0.480 e. The molecule has 0 spiro atoms. The Labute approximate surface area is 118 Å². The maximum absolute atomic E-state index is 11.8. The number of carboxylic acid groups (broad SMARTS) is 1. The molecule has 0 fully saturated rings. The summed E-state index contributed by atoms with van der Waals surface area (Å²) in [7, 11) is 0. The molecule has 5 nitrogen and oxygen atoms in total. The summed E-state index contributed by atoms with van der Waals surface area (Å²) in [5.74, 6) is -1.35. The molecule has 0 aliphatic heterocycles. The average Bonchev–Trinajstić information content (AvgIpc) is 2.38.